The van der Waals surface area contributed by atoms with Crippen LogP contribution in [0.5, 0.6) is 0 Å². The van der Waals surface area contributed by atoms with Crippen molar-refractivity contribution in [1.29, 1.82) is 0 Å². The van der Waals surface area contributed by atoms with E-state index in [9.17, 15) is 0 Å². The van der Waals surface area contributed by atoms with Gasteiger partial charge in [-0.2, -0.15) is 0 Å². The van der Waals surface area contributed by atoms with Gasteiger partial charge in [0.2, 0.25) is 0 Å². The molecule has 0 amide bonds. The van der Waals surface area contributed by atoms with Gasteiger partial charge in [-0.05, 0) is 39.8 Å². The number of rotatable bonds is 10. The van der Waals surface area contributed by atoms with E-state index in [0.717, 1.165) is 13.1 Å². The Balaban J connectivity index is 3.71. The molecule has 0 aliphatic rings. The first-order valence-electron chi connectivity index (χ1n) is 7.13. The standard InChI is InChI=1S/C14H32N2/c1-6-9-10-11-15-12-14(5)16(8-3)13(4)7-2/h13-15H,6-12H2,1-5H3. The summed E-state index contributed by atoms with van der Waals surface area (Å²) >= 11 is 0. The summed E-state index contributed by atoms with van der Waals surface area (Å²) in [4.78, 5) is 2.59. The van der Waals surface area contributed by atoms with Gasteiger partial charge in [-0.15, -0.1) is 0 Å². The summed E-state index contributed by atoms with van der Waals surface area (Å²) < 4.78 is 0. The largest absolute Gasteiger partial charge is 0.315 e. The zero-order chi connectivity index (χ0) is 12.4. The number of nitrogens with zero attached hydrogens (tertiary/aromatic N) is 1. The molecule has 1 N–H and O–H groups in total. The highest BCUT2D eigenvalue weighted by atomic mass is 15.2. The Labute approximate surface area is 103 Å². The third kappa shape index (κ3) is 6.49. The van der Waals surface area contributed by atoms with E-state index in [1.165, 1.54) is 32.2 Å². The molecule has 2 nitrogen and oxygen atoms in total. The van der Waals surface area contributed by atoms with E-state index in [1.54, 1.807) is 0 Å². The van der Waals surface area contributed by atoms with E-state index in [1.807, 2.05) is 0 Å². The molecule has 2 atom stereocenters. The van der Waals surface area contributed by atoms with Crippen molar-refractivity contribution < 1.29 is 0 Å². The van der Waals surface area contributed by atoms with Crippen molar-refractivity contribution >= 4 is 0 Å². The van der Waals surface area contributed by atoms with Crippen LogP contribution in [0.15, 0.2) is 0 Å². The number of nitrogens with one attached hydrogen (secondary N) is 1. The average Bonchev–Trinajstić information content (AvgIpc) is 2.29. The molecular formula is C14H32N2. The molecule has 0 saturated heterocycles. The van der Waals surface area contributed by atoms with Gasteiger partial charge in [-0.3, -0.25) is 4.90 Å². The van der Waals surface area contributed by atoms with Crippen molar-refractivity contribution in [1.82, 2.24) is 10.2 Å². The van der Waals surface area contributed by atoms with Crippen molar-refractivity contribution in [2.75, 3.05) is 19.6 Å². The predicted octanol–water partition coefficient (Wildman–Crippen LogP) is 3.28. The first-order valence-corrected chi connectivity index (χ1v) is 7.13. The van der Waals surface area contributed by atoms with Crippen LogP contribution in [0, 0.1) is 0 Å². The third-order valence-corrected chi connectivity index (χ3v) is 3.49. The monoisotopic (exact) mass is 228 g/mol. The van der Waals surface area contributed by atoms with Crippen LogP contribution in [-0.2, 0) is 0 Å². The molecule has 0 radical (unpaired) electrons. The number of unbranched alkanes of at least 4 members (excludes halogenated alkanes) is 2. The minimum absolute atomic E-state index is 0.654. The summed E-state index contributed by atoms with van der Waals surface area (Å²) in [5.74, 6) is 0. The summed E-state index contributed by atoms with van der Waals surface area (Å²) in [6.45, 7) is 14.9. The lowest BCUT2D eigenvalue weighted by Gasteiger charge is -2.33. The summed E-state index contributed by atoms with van der Waals surface area (Å²) in [6, 6.07) is 1.36. The van der Waals surface area contributed by atoms with E-state index >= 15 is 0 Å². The Morgan fingerprint density at radius 1 is 1.00 bits per heavy atom. The quantitative estimate of drug-likeness (QED) is 0.577. The Morgan fingerprint density at radius 3 is 2.19 bits per heavy atom. The summed E-state index contributed by atoms with van der Waals surface area (Å²) in [5.41, 5.74) is 0. The van der Waals surface area contributed by atoms with Gasteiger partial charge in [0.05, 0.1) is 0 Å². The van der Waals surface area contributed by atoms with E-state index in [-0.39, 0.29) is 0 Å². The van der Waals surface area contributed by atoms with Gasteiger partial charge in [0.1, 0.15) is 0 Å². The van der Waals surface area contributed by atoms with E-state index in [4.69, 9.17) is 0 Å². The van der Waals surface area contributed by atoms with Crippen molar-refractivity contribution in [2.24, 2.45) is 0 Å². The van der Waals surface area contributed by atoms with Crippen LogP contribution >= 0.6 is 0 Å². The Hall–Kier alpha value is -0.0800. The van der Waals surface area contributed by atoms with Crippen LogP contribution in [0.1, 0.15) is 60.3 Å². The third-order valence-electron chi connectivity index (χ3n) is 3.49. The molecule has 0 saturated carbocycles. The lowest BCUT2D eigenvalue weighted by Crippen LogP contribution is -2.45. The topological polar surface area (TPSA) is 15.3 Å². The van der Waals surface area contributed by atoms with E-state index in [2.05, 4.69) is 44.8 Å². The molecular weight excluding hydrogens is 196 g/mol. The lowest BCUT2D eigenvalue weighted by molar-refractivity contribution is 0.156. The second-order valence-corrected chi connectivity index (χ2v) is 4.85. The van der Waals surface area contributed by atoms with Gasteiger partial charge in [0.25, 0.3) is 0 Å². The van der Waals surface area contributed by atoms with Crippen LogP contribution in [-0.4, -0.2) is 36.6 Å². The van der Waals surface area contributed by atoms with Crippen molar-refractivity contribution in [2.45, 2.75) is 72.4 Å². The van der Waals surface area contributed by atoms with Crippen LogP contribution in [0.2, 0.25) is 0 Å². The molecule has 0 aliphatic carbocycles. The van der Waals surface area contributed by atoms with Crippen molar-refractivity contribution in [3.05, 3.63) is 0 Å². The average molecular weight is 228 g/mol. The SMILES string of the molecule is CCCCCNCC(C)N(CC)C(C)CC. The smallest absolute Gasteiger partial charge is 0.0195 e. The maximum Gasteiger partial charge on any atom is 0.0195 e. The molecule has 0 aliphatic heterocycles. The fourth-order valence-electron chi connectivity index (χ4n) is 2.22. The van der Waals surface area contributed by atoms with E-state index in [0.29, 0.717) is 12.1 Å². The molecule has 0 fully saturated rings. The van der Waals surface area contributed by atoms with Crippen molar-refractivity contribution in [3.63, 3.8) is 0 Å². The van der Waals surface area contributed by atoms with Crippen LogP contribution < -0.4 is 5.32 Å². The highest BCUT2D eigenvalue weighted by Gasteiger charge is 2.16. The first-order chi connectivity index (χ1) is 7.67. The molecule has 16 heavy (non-hydrogen) atoms. The second-order valence-electron chi connectivity index (χ2n) is 4.85. The molecule has 0 aromatic carbocycles. The first kappa shape index (κ1) is 15.9. The number of hydrogen-bond donors (Lipinski definition) is 1. The minimum atomic E-state index is 0.654. The second kappa shape index (κ2) is 10.1. The predicted molar refractivity (Wildman–Crippen MR) is 74.0 cm³/mol. The van der Waals surface area contributed by atoms with Gasteiger partial charge in [0.15, 0.2) is 0 Å². The molecule has 0 rings (SSSR count). The van der Waals surface area contributed by atoms with Crippen molar-refractivity contribution in [3.8, 4) is 0 Å². The Bertz CT molecular complexity index is 148. The van der Waals surface area contributed by atoms with Gasteiger partial charge in [-0.25, -0.2) is 0 Å². The van der Waals surface area contributed by atoms with Crippen LogP contribution in [0.25, 0.3) is 0 Å². The molecule has 2 unspecified atom stereocenters. The normalized spacial score (nSPS) is 15.4. The Kier molecular flexibility index (Phi) is 10.0. The van der Waals surface area contributed by atoms with Gasteiger partial charge < -0.3 is 5.32 Å². The molecule has 98 valence electrons. The number of hydrogen-bond acceptors (Lipinski definition) is 2. The molecule has 0 spiro atoms. The zero-order valence-electron chi connectivity index (χ0n) is 12.1. The summed E-state index contributed by atoms with van der Waals surface area (Å²) in [6.07, 6.45) is 5.22. The van der Waals surface area contributed by atoms with Gasteiger partial charge >= 0.3 is 0 Å². The fourth-order valence-corrected chi connectivity index (χ4v) is 2.22. The maximum atomic E-state index is 3.57. The summed E-state index contributed by atoms with van der Waals surface area (Å²) in [7, 11) is 0. The molecule has 0 aromatic rings. The highest BCUT2D eigenvalue weighted by Crippen LogP contribution is 2.07. The Morgan fingerprint density at radius 2 is 1.69 bits per heavy atom. The number of likely N-dealkylation sites (N-methyl/N-ethyl adjacent to an activating group) is 1. The lowest BCUT2D eigenvalue weighted by atomic mass is 10.1. The fraction of sp³-hybridized carbons (Fsp3) is 1.00. The zero-order valence-corrected chi connectivity index (χ0v) is 12.1. The van der Waals surface area contributed by atoms with E-state index < -0.39 is 0 Å². The molecule has 0 heterocycles. The summed E-state index contributed by atoms with van der Waals surface area (Å²) in [5, 5.41) is 3.57. The molecule has 0 aromatic heterocycles. The van der Waals surface area contributed by atoms with Crippen LogP contribution in [0.4, 0.5) is 0 Å². The molecule has 2 heteroatoms. The highest BCUT2D eigenvalue weighted by molar-refractivity contribution is 4.73. The maximum absolute atomic E-state index is 3.57. The van der Waals surface area contributed by atoms with Gasteiger partial charge in [-0.1, -0.05) is 33.6 Å². The van der Waals surface area contributed by atoms with Crippen LogP contribution in [0.3, 0.4) is 0 Å². The minimum Gasteiger partial charge on any atom is -0.315 e. The molecule has 0 bridgehead atoms. The van der Waals surface area contributed by atoms with Gasteiger partial charge in [0, 0.05) is 18.6 Å².